The summed E-state index contributed by atoms with van der Waals surface area (Å²) in [6.07, 6.45) is -0.160. The first-order valence-electron chi connectivity index (χ1n) is 6.13. The predicted molar refractivity (Wildman–Crippen MR) is 69.3 cm³/mol. The molecule has 1 aliphatic carbocycles. The predicted octanol–water partition coefficient (Wildman–Crippen LogP) is 4.82. The third kappa shape index (κ3) is 4.24. The highest BCUT2D eigenvalue weighted by atomic mass is 35.5. The maximum absolute atomic E-state index is 12.6. The average Bonchev–Trinajstić information content (AvgIpc) is 2.26. The summed E-state index contributed by atoms with van der Waals surface area (Å²) in [7, 11) is 0. The fourth-order valence-electron chi connectivity index (χ4n) is 2.26. The van der Waals surface area contributed by atoms with E-state index in [1.165, 1.54) is 18.2 Å². The van der Waals surface area contributed by atoms with Gasteiger partial charge in [0.25, 0.3) is 0 Å². The molecule has 0 radical (unpaired) electrons. The zero-order valence-electron chi connectivity index (χ0n) is 10.4. The normalized spacial score (nSPS) is 24.5. The van der Waals surface area contributed by atoms with Crippen LogP contribution >= 0.6 is 23.4 Å². The molecule has 0 spiro atoms. The van der Waals surface area contributed by atoms with Crippen LogP contribution in [0, 0.1) is 5.92 Å². The van der Waals surface area contributed by atoms with E-state index in [0.717, 1.165) is 25.3 Å². The van der Waals surface area contributed by atoms with Crippen molar-refractivity contribution in [3.8, 4) is 0 Å². The first-order chi connectivity index (χ1) is 8.84. The first-order valence-corrected chi connectivity index (χ1v) is 7.39. The van der Waals surface area contributed by atoms with E-state index in [4.69, 9.17) is 11.6 Å². The molecule has 2 nitrogen and oxygen atoms in total. The summed E-state index contributed by atoms with van der Waals surface area (Å²) in [5.41, 5.74) is -0.973. The van der Waals surface area contributed by atoms with Crippen molar-refractivity contribution in [2.24, 2.45) is 5.92 Å². The first kappa shape index (κ1) is 14.9. The standard InChI is InChI=1S/C12H14ClF3N2S/c1-7-3-2-4-8(5-7)19-10-6-9(12(14,15)16)17-11(13)18-10/h6-8H,2-5H2,1H3. The number of hydrogen-bond donors (Lipinski definition) is 0. The van der Waals surface area contributed by atoms with Crippen LogP contribution in [0.3, 0.4) is 0 Å². The largest absolute Gasteiger partial charge is 0.433 e. The highest BCUT2D eigenvalue weighted by Gasteiger charge is 2.34. The van der Waals surface area contributed by atoms with Gasteiger partial charge >= 0.3 is 6.18 Å². The van der Waals surface area contributed by atoms with Crippen molar-refractivity contribution in [3.05, 3.63) is 17.0 Å². The van der Waals surface area contributed by atoms with Gasteiger partial charge in [0.2, 0.25) is 5.28 Å². The summed E-state index contributed by atoms with van der Waals surface area (Å²) in [4.78, 5) is 7.11. The van der Waals surface area contributed by atoms with E-state index in [-0.39, 0.29) is 5.28 Å². The van der Waals surface area contributed by atoms with Crippen LogP contribution in [0.15, 0.2) is 11.1 Å². The van der Waals surface area contributed by atoms with Crippen molar-refractivity contribution in [2.75, 3.05) is 0 Å². The van der Waals surface area contributed by atoms with Crippen molar-refractivity contribution < 1.29 is 13.2 Å². The Morgan fingerprint density at radius 3 is 2.68 bits per heavy atom. The van der Waals surface area contributed by atoms with Crippen molar-refractivity contribution in [2.45, 2.75) is 49.1 Å². The van der Waals surface area contributed by atoms with Crippen molar-refractivity contribution in [3.63, 3.8) is 0 Å². The molecule has 0 saturated heterocycles. The lowest BCUT2D eigenvalue weighted by atomic mass is 9.91. The number of halogens is 4. The number of hydrogen-bond acceptors (Lipinski definition) is 3. The van der Waals surface area contributed by atoms with Gasteiger partial charge in [0, 0.05) is 11.3 Å². The van der Waals surface area contributed by atoms with Gasteiger partial charge in [-0.15, -0.1) is 11.8 Å². The molecule has 1 heterocycles. The second kappa shape index (κ2) is 5.87. The monoisotopic (exact) mass is 310 g/mol. The van der Waals surface area contributed by atoms with Crippen LogP contribution in [0.4, 0.5) is 13.2 Å². The lowest BCUT2D eigenvalue weighted by Gasteiger charge is -2.25. The fraction of sp³-hybridized carbons (Fsp3) is 0.667. The zero-order chi connectivity index (χ0) is 14.0. The quantitative estimate of drug-likeness (QED) is 0.578. The molecule has 2 atom stereocenters. The van der Waals surface area contributed by atoms with Crippen LogP contribution in [0.1, 0.15) is 38.3 Å². The van der Waals surface area contributed by atoms with Crippen LogP contribution in [-0.2, 0) is 6.18 Å². The molecule has 1 aromatic rings. The van der Waals surface area contributed by atoms with Gasteiger partial charge in [-0.05, 0) is 30.4 Å². The minimum atomic E-state index is -4.48. The number of thioether (sulfide) groups is 1. The number of alkyl halides is 3. The lowest BCUT2D eigenvalue weighted by Crippen LogP contribution is -2.15. The number of aromatic nitrogens is 2. The van der Waals surface area contributed by atoms with E-state index in [2.05, 4.69) is 16.9 Å². The molecule has 1 fully saturated rings. The maximum Gasteiger partial charge on any atom is 0.433 e. The van der Waals surface area contributed by atoms with E-state index in [1.54, 1.807) is 0 Å². The molecule has 2 rings (SSSR count). The van der Waals surface area contributed by atoms with Crippen LogP contribution in [-0.4, -0.2) is 15.2 Å². The van der Waals surface area contributed by atoms with Crippen molar-refractivity contribution in [1.82, 2.24) is 9.97 Å². The SMILES string of the molecule is CC1CCCC(Sc2cc(C(F)(F)F)nc(Cl)n2)C1. The van der Waals surface area contributed by atoms with Gasteiger partial charge in [0.15, 0.2) is 5.69 Å². The summed E-state index contributed by atoms with van der Waals surface area (Å²) in [5.74, 6) is 0.616. The molecule has 19 heavy (non-hydrogen) atoms. The Morgan fingerprint density at radius 2 is 2.05 bits per heavy atom. The van der Waals surface area contributed by atoms with Gasteiger partial charge in [-0.25, -0.2) is 9.97 Å². The van der Waals surface area contributed by atoms with Gasteiger partial charge in [-0.2, -0.15) is 13.2 Å². The summed E-state index contributed by atoms with van der Waals surface area (Å²) in [6, 6.07) is 0.982. The molecule has 1 saturated carbocycles. The smallest absolute Gasteiger partial charge is 0.213 e. The molecule has 106 valence electrons. The summed E-state index contributed by atoms with van der Waals surface area (Å²) < 4.78 is 37.9. The number of nitrogens with zero attached hydrogens (tertiary/aromatic N) is 2. The molecule has 0 bridgehead atoms. The Labute approximate surface area is 119 Å². The van der Waals surface area contributed by atoms with Gasteiger partial charge in [0.05, 0.1) is 0 Å². The molecular weight excluding hydrogens is 297 g/mol. The van der Waals surface area contributed by atoms with E-state index in [9.17, 15) is 13.2 Å². The van der Waals surface area contributed by atoms with Gasteiger partial charge in [-0.1, -0.05) is 19.8 Å². The number of rotatable bonds is 2. The van der Waals surface area contributed by atoms with Crippen molar-refractivity contribution in [1.29, 1.82) is 0 Å². The summed E-state index contributed by atoms with van der Waals surface area (Å²) in [6.45, 7) is 2.17. The van der Waals surface area contributed by atoms with Gasteiger partial charge in [-0.3, -0.25) is 0 Å². The third-order valence-electron chi connectivity index (χ3n) is 3.14. The summed E-state index contributed by atoms with van der Waals surface area (Å²) >= 11 is 6.94. The van der Waals surface area contributed by atoms with E-state index in [0.29, 0.717) is 16.2 Å². The van der Waals surface area contributed by atoms with E-state index >= 15 is 0 Å². The minimum absolute atomic E-state index is 0.312. The molecule has 7 heteroatoms. The van der Waals surface area contributed by atoms with E-state index < -0.39 is 11.9 Å². The highest BCUT2D eigenvalue weighted by molar-refractivity contribution is 7.99. The topological polar surface area (TPSA) is 25.8 Å². The minimum Gasteiger partial charge on any atom is -0.213 e. The fourth-order valence-corrected chi connectivity index (χ4v) is 3.86. The lowest BCUT2D eigenvalue weighted by molar-refractivity contribution is -0.141. The molecule has 1 aromatic heterocycles. The Kier molecular flexibility index (Phi) is 4.61. The second-order valence-electron chi connectivity index (χ2n) is 4.87. The third-order valence-corrected chi connectivity index (χ3v) is 4.52. The molecule has 0 aromatic carbocycles. The van der Waals surface area contributed by atoms with Gasteiger partial charge < -0.3 is 0 Å². The Hall–Kier alpha value is -0.490. The van der Waals surface area contributed by atoms with Crippen LogP contribution < -0.4 is 0 Å². The van der Waals surface area contributed by atoms with Crippen LogP contribution in [0.5, 0.6) is 0 Å². The van der Waals surface area contributed by atoms with Crippen LogP contribution in [0.2, 0.25) is 5.28 Å². The molecule has 0 N–H and O–H groups in total. The Balaban J connectivity index is 2.14. The average molecular weight is 311 g/mol. The second-order valence-corrected chi connectivity index (χ2v) is 6.53. The molecular formula is C12H14ClF3N2S. The Bertz CT molecular complexity index is 453. The van der Waals surface area contributed by atoms with Crippen molar-refractivity contribution >= 4 is 23.4 Å². The Morgan fingerprint density at radius 1 is 1.32 bits per heavy atom. The molecule has 0 amide bonds. The summed E-state index contributed by atoms with van der Waals surface area (Å²) in [5, 5.41) is 0.281. The highest BCUT2D eigenvalue weighted by Crippen LogP contribution is 2.37. The molecule has 1 aliphatic rings. The maximum atomic E-state index is 12.6. The molecule has 0 aliphatic heterocycles. The zero-order valence-corrected chi connectivity index (χ0v) is 11.9. The van der Waals surface area contributed by atoms with E-state index in [1.807, 2.05) is 0 Å². The van der Waals surface area contributed by atoms with Gasteiger partial charge in [0.1, 0.15) is 5.03 Å². The van der Waals surface area contributed by atoms with Crippen LogP contribution in [0.25, 0.3) is 0 Å². The molecule has 2 unspecified atom stereocenters.